The lowest BCUT2D eigenvalue weighted by molar-refractivity contribution is -0.124. The molecule has 1 aliphatic carbocycles. The molecule has 2 aliphatic rings. The number of hydrogen-bond acceptors (Lipinski definition) is 3. The first-order valence-corrected chi connectivity index (χ1v) is 8.66. The number of halogens is 1. The normalized spacial score (nSPS) is 21.9. The summed E-state index contributed by atoms with van der Waals surface area (Å²) in [4.78, 5) is 15.1. The van der Waals surface area contributed by atoms with E-state index >= 15 is 0 Å². The van der Waals surface area contributed by atoms with Crippen molar-refractivity contribution in [2.24, 2.45) is 0 Å². The van der Waals surface area contributed by atoms with Gasteiger partial charge in [0.2, 0.25) is 5.91 Å². The minimum atomic E-state index is -0.344. The smallest absolute Gasteiger partial charge is 0.230 e. The number of ether oxygens (including phenoxy) is 1. The largest absolute Gasteiger partial charge is 0.381 e. The van der Waals surface area contributed by atoms with E-state index < -0.39 is 0 Å². The molecule has 0 spiro atoms. The van der Waals surface area contributed by atoms with Crippen LogP contribution < -0.4 is 5.32 Å². The standard InChI is InChI=1S/C18H25ClN2O2/c1-21(2)17(9-11-23-12-10-17)13-20-16(22)18(7-8-18)14-3-5-15(19)6-4-14/h3-6H,7-13H2,1-2H3,(H,20,22). The molecule has 1 aromatic rings. The molecule has 1 aromatic carbocycles. The molecule has 5 heteroatoms. The summed E-state index contributed by atoms with van der Waals surface area (Å²) in [5.74, 6) is 0.146. The fourth-order valence-corrected chi connectivity index (χ4v) is 3.61. The fraction of sp³-hybridized carbons (Fsp3) is 0.611. The maximum atomic E-state index is 12.8. The molecule has 1 amide bonds. The van der Waals surface area contributed by atoms with Crippen molar-refractivity contribution in [3.63, 3.8) is 0 Å². The summed E-state index contributed by atoms with van der Waals surface area (Å²) in [6, 6.07) is 7.68. The highest BCUT2D eigenvalue weighted by Crippen LogP contribution is 2.48. The molecule has 3 rings (SSSR count). The highest BCUT2D eigenvalue weighted by Gasteiger charge is 2.51. The topological polar surface area (TPSA) is 41.6 Å². The minimum absolute atomic E-state index is 0.00395. The number of benzene rings is 1. The van der Waals surface area contributed by atoms with Gasteiger partial charge >= 0.3 is 0 Å². The molecule has 0 radical (unpaired) electrons. The molecular weight excluding hydrogens is 312 g/mol. The van der Waals surface area contributed by atoms with Gasteiger partial charge in [-0.25, -0.2) is 0 Å². The third kappa shape index (κ3) is 3.25. The van der Waals surface area contributed by atoms with Gasteiger partial charge in [0.05, 0.1) is 5.41 Å². The van der Waals surface area contributed by atoms with E-state index in [2.05, 4.69) is 24.3 Å². The second kappa shape index (κ2) is 6.42. The molecule has 0 aromatic heterocycles. The van der Waals surface area contributed by atoms with Crippen molar-refractivity contribution in [2.45, 2.75) is 36.6 Å². The van der Waals surface area contributed by atoms with E-state index in [0.29, 0.717) is 11.6 Å². The lowest BCUT2D eigenvalue weighted by atomic mass is 9.88. The zero-order chi connectivity index (χ0) is 16.5. The second-order valence-corrected chi connectivity index (χ2v) is 7.44. The molecule has 1 heterocycles. The lowest BCUT2D eigenvalue weighted by Crippen LogP contribution is -2.56. The Labute approximate surface area is 143 Å². The van der Waals surface area contributed by atoms with Crippen LogP contribution in [0.3, 0.4) is 0 Å². The average molecular weight is 337 g/mol. The average Bonchev–Trinajstić information content (AvgIpc) is 3.36. The molecule has 1 N–H and O–H groups in total. The van der Waals surface area contributed by atoms with Crippen LogP contribution in [0.4, 0.5) is 0 Å². The number of carbonyl (C=O) groups excluding carboxylic acids is 1. The molecule has 1 aliphatic heterocycles. The number of nitrogens with zero attached hydrogens (tertiary/aromatic N) is 1. The number of likely N-dealkylation sites (N-methyl/N-ethyl adjacent to an activating group) is 1. The fourth-order valence-electron chi connectivity index (χ4n) is 3.49. The molecule has 2 fully saturated rings. The van der Waals surface area contributed by atoms with Crippen LogP contribution in [0.5, 0.6) is 0 Å². The Morgan fingerprint density at radius 2 is 1.78 bits per heavy atom. The number of amides is 1. The molecule has 0 unspecified atom stereocenters. The van der Waals surface area contributed by atoms with Crippen LogP contribution >= 0.6 is 11.6 Å². The van der Waals surface area contributed by atoms with Crippen molar-refractivity contribution >= 4 is 17.5 Å². The maximum Gasteiger partial charge on any atom is 0.230 e. The Morgan fingerprint density at radius 3 is 2.30 bits per heavy atom. The van der Waals surface area contributed by atoms with Crippen LogP contribution in [0.2, 0.25) is 5.02 Å². The van der Waals surface area contributed by atoms with Crippen molar-refractivity contribution in [1.29, 1.82) is 0 Å². The summed E-state index contributed by atoms with van der Waals surface area (Å²) in [5.41, 5.74) is 0.734. The van der Waals surface area contributed by atoms with Gasteiger partial charge in [-0.15, -0.1) is 0 Å². The summed E-state index contributed by atoms with van der Waals surface area (Å²) in [7, 11) is 4.17. The quantitative estimate of drug-likeness (QED) is 0.898. The van der Waals surface area contributed by atoms with Gasteiger partial charge in [-0.1, -0.05) is 23.7 Å². The third-order valence-electron chi connectivity index (χ3n) is 5.53. The zero-order valence-corrected chi connectivity index (χ0v) is 14.7. The molecular formula is C18H25ClN2O2. The van der Waals surface area contributed by atoms with E-state index in [9.17, 15) is 4.79 Å². The predicted molar refractivity (Wildman–Crippen MR) is 91.8 cm³/mol. The second-order valence-electron chi connectivity index (χ2n) is 7.00. The number of hydrogen-bond donors (Lipinski definition) is 1. The molecule has 126 valence electrons. The third-order valence-corrected chi connectivity index (χ3v) is 5.78. The number of nitrogens with one attached hydrogen (secondary N) is 1. The molecule has 4 nitrogen and oxygen atoms in total. The SMILES string of the molecule is CN(C)C1(CNC(=O)C2(c3ccc(Cl)cc3)CC2)CCOCC1. The van der Waals surface area contributed by atoms with Crippen LogP contribution in [0.1, 0.15) is 31.2 Å². The molecule has 0 atom stereocenters. The van der Waals surface area contributed by atoms with E-state index in [0.717, 1.165) is 44.5 Å². The van der Waals surface area contributed by atoms with Crippen LogP contribution in [0.25, 0.3) is 0 Å². The van der Waals surface area contributed by atoms with Crippen LogP contribution in [-0.4, -0.2) is 50.2 Å². The van der Waals surface area contributed by atoms with E-state index in [-0.39, 0.29) is 16.9 Å². The molecule has 23 heavy (non-hydrogen) atoms. The molecule has 1 saturated heterocycles. The van der Waals surface area contributed by atoms with Gasteiger partial charge in [-0.05, 0) is 57.5 Å². The van der Waals surface area contributed by atoms with Gasteiger partial charge in [-0.2, -0.15) is 0 Å². The van der Waals surface area contributed by atoms with Crippen LogP contribution in [-0.2, 0) is 14.9 Å². The van der Waals surface area contributed by atoms with E-state index in [1.807, 2.05) is 24.3 Å². The Balaban J connectivity index is 1.68. The molecule has 0 bridgehead atoms. The monoisotopic (exact) mass is 336 g/mol. The van der Waals surface area contributed by atoms with E-state index in [1.54, 1.807) is 0 Å². The first kappa shape index (κ1) is 16.7. The Hall–Kier alpha value is -1.10. The highest BCUT2D eigenvalue weighted by atomic mass is 35.5. The Bertz CT molecular complexity index is 561. The highest BCUT2D eigenvalue weighted by molar-refractivity contribution is 6.30. The summed E-state index contributed by atoms with van der Waals surface area (Å²) in [6.07, 6.45) is 3.74. The first-order chi connectivity index (χ1) is 11.0. The summed E-state index contributed by atoms with van der Waals surface area (Å²) in [6.45, 7) is 2.20. The van der Waals surface area contributed by atoms with Crippen molar-refractivity contribution < 1.29 is 9.53 Å². The first-order valence-electron chi connectivity index (χ1n) is 8.28. The Morgan fingerprint density at radius 1 is 1.17 bits per heavy atom. The summed E-state index contributed by atoms with van der Waals surface area (Å²) in [5, 5.41) is 3.93. The minimum Gasteiger partial charge on any atom is -0.381 e. The molecule has 1 saturated carbocycles. The van der Waals surface area contributed by atoms with Gasteiger partial charge in [-0.3, -0.25) is 4.79 Å². The van der Waals surface area contributed by atoms with Crippen molar-refractivity contribution in [2.75, 3.05) is 33.9 Å². The maximum absolute atomic E-state index is 12.8. The lowest BCUT2D eigenvalue weighted by Gasteiger charge is -2.43. The van der Waals surface area contributed by atoms with Crippen molar-refractivity contribution in [1.82, 2.24) is 10.2 Å². The zero-order valence-electron chi connectivity index (χ0n) is 13.9. The van der Waals surface area contributed by atoms with Crippen LogP contribution in [0.15, 0.2) is 24.3 Å². The van der Waals surface area contributed by atoms with Gasteiger partial charge < -0.3 is 15.0 Å². The van der Waals surface area contributed by atoms with Gasteiger partial charge in [0, 0.05) is 30.3 Å². The Kier molecular flexibility index (Phi) is 4.68. The van der Waals surface area contributed by atoms with Crippen LogP contribution in [0, 0.1) is 0 Å². The summed E-state index contributed by atoms with van der Waals surface area (Å²) < 4.78 is 5.49. The van der Waals surface area contributed by atoms with Gasteiger partial charge in [0.15, 0.2) is 0 Å². The van der Waals surface area contributed by atoms with E-state index in [1.165, 1.54) is 0 Å². The van der Waals surface area contributed by atoms with Crippen molar-refractivity contribution in [3.8, 4) is 0 Å². The number of rotatable bonds is 5. The van der Waals surface area contributed by atoms with Gasteiger partial charge in [0.1, 0.15) is 0 Å². The van der Waals surface area contributed by atoms with Crippen molar-refractivity contribution in [3.05, 3.63) is 34.9 Å². The van der Waals surface area contributed by atoms with E-state index in [4.69, 9.17) is 16.3 Å². The van der Waals surface area contributed by atoms with Gasteiger partial charge in [0.25, 0.3) is 0 Å². The predicted octanol–water partition coefficient (Wildman–Crippen LogP) is 2.60. The summed E-state index contributed by atoms with van der Waals surface area (Å²) >= 11 is 5.96. The number of carbonyl (C=O) groups is 1.